The number of nitrogens with one attached hydrogen (secondary N) is 3. The molecule has 164 valence electrons. The Morgan fingerprint density at radius 2 is 2.03 bits per heavy atom. The Labute approximate surface area is 183 Å². The zero-order chi connectivity index (χ0) is 22.1. The van der Waals surface area contributed by atoms with Crippen molar-refractivity contribution in [1.29, 1.82) is 0 Å². The number of rotatable bonds is 8. The third-order valence-corrected chi connectivity index (χ3v) is 5.19. The first-order valence-corrected chi connectivity index (χ1v) is 10.6. The van der Waals surface area contributed by atoms with Crippen molar-refractivity contribution in [1.82, 2.24) is 20.5 Å². The van der Waals surface area contributed by atoms with Crippen molar-refractivity contribution in [3.05, 3.63) is 59.9 Å². The number of anilines is 1. The summed E-state index contributed by atoms with van der Waals surface area (Å²) >= 11 is 0. The van der Waals surface area contributed by atoms with E-state index in [2.05, 4.69) is 25.9 Å². The Morgan fingerprint density at radius 1 is 1.23 bits per heavy atom. The van der Waals surface area contributed by atoms with Crippen LogP contribution in [0, 0.1) is 0 Å². The standard InChI is InChI=1S/C23H30N6O2/c1-3-24-23(26-15-17-14-21(30)28-20-10-5-4-9-19(17)20)27-16-22(31)29(2)13-11-18-8-6-7-12-25-18/h4-10,12,17H,3,11,13-16H2,1-2H3,(H,28,30)(H2,24,26,27). The summed E-state index contributed by atoms with van der Waals surface area (Å²) in [5.41, 5.74) is 2.92. The highest BCUT2D eigenvalue weighted by molar-refractivity contribution is 5.95. The van der Waals surface area contributed by atoms with Gasteiger partial charge in [-0.1, -0.05) is 24.3 Å². The first kappa shape index (κ1) is 22.3. The van der Waals surface area contributed by atoms with Crippen LogP contribution in [0.15, 0.2) is 53.7 Å². The molecule has 1 aromatic heterocycles. The van der Waals surface area contributed by atoms with Crippen LogP contribution in [0.25, 0.3) is 0 Å². The lowest BCUT2D eigenvalue weighted by Crippen LogP contribution is -2.41. The molecule has 1 aromatic carbocycles. The lowest BCUT2D eigenvalue weighted by molar-refractivity contribution is -0.128. The number of amides is 2. The summed E-state index contributed by atoms with van der Waals surface area (Å²) in [7, 11) is 1.78. The molecule has 8 heteroatoms. The minimum Gasteiger partial charge on any atom is -0.357 e. The highest BCUT2D eigenvalue weighted by Gasteiger charge is 2.24. The molecule has 0 spiro atoms. The van der Waals surface area contributed by atoms with E-state index in [-0.39, 0.29) is 24.3 Å². The van der Waals surface area contributed by atoms with Gasteiger partial charge >= 0.3 is 0 Å². The molecule has 1 aliphatic heterocycles. The minimum absolute atomic E-state index is 0.0112. The first-order chi connectivity index (χ1) is 15.1. The third-order valence-electron chi connectivity index (χ3n) is 5.19. The molecule has 3 rings (SSSR count). The molecule has 2 heterocycles. The second-order valence-electron chi connectivity index (χ2n) is 7.50. The molecule has 3 N–H and O–H groups in total. The van der Waals surface area contributed by atoms with Gasteiger partial charge in [0.2, 0.25) is 11.8 Å². The molecule has 0 radical (unpaired) electrons. The van der Waals surface area contributed by atoms with Crippen molar-refractivity contribution in [3.63, 3.8) is 0 Å². The number of guanidine groups is 1. The number of hydrogen-bond acceptors (Lipinski definition) is 4. The number of pyridine rings is 1. The number of aromatic nitrogens is 1. The van der Waals surface area contributed by atoms with Crippen LogP contribution in [0.5, 0.6) is 0 Å². The van der Waals surface area contributed by atoms with Gasteiger partial charge in [-0.2, -0.15) is 0 Å². The molecular weight excluding hydrogens is 392 g/mol. The van der Waals surface area contributed by atoms with E-state index in [9.17, 15) is 9.59 Å². The number of benzene rings is 1. The van der Waals surface area contributed by atoms with Crippen molar-refractivity contribution in [2.24, 2.45) is 4.99 Å². The van der Waals surface area contributed by atoms with Crippen molar-refractivity contribution < 1.29 is 9.59 Å². The van der Waals surface area contributed by atoms with E-state index in [1.54, 1.807) is 18.1 Å². The number of nitrogens with zero attached hydrogens (tertiary/aromatic N) is 3. The summed E-state index contributed by atoms with van der Waals surface area (Å²) in [6.45, 7) is 3.84. The molecule has 0 saturated carbocycles. The monoisotopic (exact) mass is 422 g/mol. The minimum atomic E-state index is -0.0597. The van der Waals surface area contributed by atoms with Gasteiger partial charge in [0, 0.05) is 63.0 Å². The predicted molar refractivity (Wildman–Crippen MR) is 122 cm³/mol. The van der Waals surface area contributed by atoms with Crippen LogP contribution < -0.4 is 16.0 Å². The molecule has 0 aliphatic carbocycles. The van der Waals surface area contributed by atoms with E-state index in [1.165, 1.54) is 0 Å². The number of hydrogen-bond donors (Lipinski definition) is 3. The molecule has 1 atom stereocenters. The smallest absolute Gasteiger partial charge is 0.244 e. The average molecular weight is 423 g/mol. The van der Waals surface area contributed by atoms with Gasteiger partial charge in [-0.15, -0.1) is 0 Å². The van der Waals surface area contributed by atoms with E-state index in [0.717, 1.165) is 16.9 Å². The Balaban J connectivity index is 1.54. The number of likely N-dealkylation sites (N-methyl/N-ethyl adjacent to an activating group) is 1. The van der Waals surface area contributed by atoms with E-state index in [0.29, 0.717) is 38.4 Å². The van der Waals surface area contributed by atoms with Crippen molar-refractivity contribution >= 4 is 23.5 Å². The number of fused-ring (bicyclic) bond motifs is 1. The van der Waals surface area contributed by atoms with Gasteiger partial charge in [0.15, 0.2) is 5.96 Å². The fourth-order valence-electron chi connectivity index (χ4n) is 3.47. The Bertz CT molecular complexity index is 915. The number of carbonyl (C=O) groups is 2. The van der Waals surface area contributed by atoms with Crippen LogP contribution >= 0.6 is 0 Å². The first-order valence-electron chi connectivity index (χ1n) is 10.6. The van der Waals surface area contributed by atoms with Crippen LogP contribution in [0.2, 0.25) is 0 Å². The topological polar surface area (TPSA) is 98.7 Å². The average Bonchev–Trinajstić information content (AvgIpc) is 2.79. The molecule has 1 aliphatic rings. The molecule has 2 amide bonds. The Hall–Kier alpha value is -3.42. The summed E-state index contributed by atoms with van der Waals surface area (Å²) in [5, 5.41) is 9.36. The van der Waals surface area contributed by atoms with Gasteiger partial charge in [0.1, 0.15) is 6.54 Å². The maximum absolute atomic E-state index is 12.5. The molecule has 0 saturated heterocycles. The SMILES string of the molecule is CCNC(=NCC(=O)N(C)CCc1ccccn1)NCC1CC(=O)Nc2ccccc21. The lowest BCUT2D eigenvalue weighted by Gasteiger charge is -2.26. The van der Waals surface area contributed by atoms with E-state index in [1.807, 2.05) is 49.4 Å². The number of para-hydroxylation sites is 1. The van der Waals surface area contributed by atoms with Crippen LogP contribution in [-0.4, -0.2) is 60.9 Å². The maximum Gasteiger partial charge on any atom is 0.244 e. The zero-order valence-corrected chi connectivity index (χ0v) is 18.1. The number of aliphatic imine (C=N–C) groups is 1. The van der Waals surface area contributed by atoms with E-state index >= 15 is 0 Å². The Morgan fingerprint density at radius 3 is 2.81 bits per heavy atom. The van der Waals surface area contributed by atoms with Crippen LogP contribution in [0.1, 0.15) is 30.5 Å². The zero-order valence-electron chi connectivity index (χ0n) is 18.1. The van der Waals surface area contributed by atoms with Crippen LogP contribution in [-0.2, 0) is 16.0 Å². The molecule has 0 fully saturated rings. The molecular formula is C23H30N6O2. The summed E-state index contributed by atoms with van der Waals surface area (Å²) in [4.78, 5) is 34.9. The number of carbonyl (C=O) groups excluding carboxylic acids is 2. The molecule has 8 nitrogen and oxygen atoms in total. The maximum atomic E-state index is 12.5. The normalized spacial score (nSPS) is 15.6. The molecule has 0 bridgehead atoms. The van der Waals surface area contributed by atoms with E-state index < -0.39 is 0 Å². The summed E-state index contributed by atoms with van der Waals surface area (Å²) in [5.74, 6) is 0.565. The van der Waals surface area contributed by atoms with Gasteiger partial charge < -0.3 is 20.9 Å². The molecule has 31 heavy (non-hydrogen) atoms. The van der Waals surface area contributed by atoms with Gasteiger partial charge in [-0.25, -0.2) is 4.99 Å². The second-order valence-corrected chi connectivity index (χ2v) is 7.50. The van der Waals surface area contributed by atoms with Gasteiger partial charge in [-0.05, 0) is 30.7 Å². The second kappa shape index (κ2) is 11.1. The highest BCUT2D eigenvalue weighted by atomic mass is 16.2. The molecule has 2 aromatic rings. The van der Waals surface area contributed by atoms with Crippen molar-refractivity contribution in [2.75, 3.05) is 38.5 Å². The third kappa shape index (κ3) is 6.53. The quantitative estimate of drug-likeness (QED) is 0.445. The summed E-state index contributed by atoms with van der Waals surface area (Å²) in [6.07, 6.45) is 2.87. The van der Waals surface area contributed by atoms with Gasteiger partial charge in [0.05, 0.1) is 0 Å². The fraction of sp³-hybridized carbons (Fsp3) is 0.391. The summed E-state index contributed by atoms with van der Waals surface area (Å²) in [6, 6.07) is 13.6. The lowest BCUT2D eigenvalue weighted by atomic mass is 9.90. The summed E-state index contributed by atoms with van der Waals surface area (Å²) < 4.78 is 0. The van der Waals surface area contributed by atoms with Crippen LogP contribution in [0.4, 0.5) is 5.69 Å². The van der Waals surface area contributed by atoms with Crippen molar-refractivity contribution in [3.8, 4) is 0 Å². The largest absolute Gasteiger partial charge is 0.357 e. The highest BCUT2D eigenvalue weighted by Crippen LogP contribution is 2.31. The Kier molecular flexibility index (Phi) is 7.98. The predicted octanol–water partition coefficient (Wildman–Crippen LogP) is 1.76. The van der Waals surface area contributed by atoms with Gasteiger partial charge in [0.25, 0.3) is 0 Å². The fourth-order valence-corrected chi connectivity index (χ4v) is 3.47. The van der Waals surface area contributed by atoms with Crippen LogP contribution in [0.3, 0.4) is 0 Å². The van der Waals surface area contributed by atoms with Crippen molar-refractivity contribution in [2.45, 2.75) is 25.7 Å². The van der Waals surface area contributed by atoms with Gasteiger partial charge in [-0.3, -0.25) is 14.6 Å². The molecule has 1 unspecified atom stereocenters. The van der Waals surface area contributed by atoms with E-state index in [4.69, 9.17) is 0 Å².